The van der Waals surface area contributed by atoms with Crippen molar-refractivity contribution >= 4 is 16.9 Å². The van der Waals surface area contributed by atoms with Crippen molar-refractivity contribution in [2.75, 3.05) is 0 Å². The zero-order chi connectivity index (χ0) is 19.0. The van der Waals surface area contributed by atoms with E-state index in [4.69, 9.17) is 4.42 Å². The van der Waals surface area contributed by atoms with Gasteiger partial charge in [0.05, 0.1) is 11.6 Å². The maximum absolute atomic E-state index is 12.8. The van der Waals surface area contributed by atoms with E-state index in [2.05, 4.69) is 25.5 Å². The summed E-state index contributed by atoms with van der Waals surface area (Å²) < 4.78 is 5.61. The van der Waals surface area contributed by atoms with Crippen LogP contribution in [0.4, 0.5) is 0 Å². The number of rotatable bonds is 4. The number of furan rings is 1. The molecule has 0 radical (unpaired) electrons. The van der Waals surface area contributed by atoms with Gasteiger partial charge in [-0.25, -0.2) is 4.98 Å². The molecule has 4 aromatic rings. The van der Waals surface area contributed by atoms with E-state index < -0.39 is 6.04 Å². The van der Waals surface area contributed by atoms with Gasteiger partial charge in [-0.15, -0.1) is 0 Å². The molecule has 1 atom stereocenters. The summed E-state index contributed by atoms with van der Waals surface area (Å²) in [7, 11) is 0. The molecule has 136 valence electrons. The fraction of sp³-hybridized carbons (Fsp3) is 0.158. The Balaban J connectivity index is 1.58. The molecule has 3 aromatic heterocycles. The average molecular weight is 363 g/mol. The molecule has 0 spiro atoms. The Hall–Kier alpha value is -3.68. The lowest BCUT2D eigenvalue weighted by Gasteiger charge is -2.10. The second-order valence-electron chi connectivity index (χ2n) is 6.19. The first-order valence-electron chi connectivity index (χ1n) is 8.38. The molecule has 0 unspecified atom stereocenters. The van der Waals surface area contributed by atoms with Gasteiger partial charge < -0.3 is 14.8 Å². The van der Waals surface area contributed by atoms with Crippen molar-refractivity contribution in [1.82, 2.24) is 25.5 Å². The van der Waals surface area contributed by atoms with Crippen molar-refractivity contribution in [2.45, 2.75) is 19.9 Å². The van der Waals surface area contributed by atoms with Crippen LogP contribution in [-0.4, -0.2) is 31.2 Å². The fourth-order valence-corrected chi connectivity index (χ4v) is 2.92. The molecule has 0 saturated heterocycles. The number of aromatic amines is 1. The number of H-pyrrole nitrogens is 1. The maximum atomic E-state index is 12.8. The Morgan fingerprint density at radius 1 is 1.33 bits per heavy atom. The molecule has 4 rings (SSSR count). The summed E-state index contributed by atoms with van der Waals surface area (Å²) in [5.74, 6) is 1.27. The molecule has 0 aliphatic carbocycles. The summed E-state index contributed by atoms with van der Waals surface area (Å²) in [4.78, 5) is 21.3. The lowest BCUT2D eigenvalue weighted by Crippen LogP contribution is -2.27. The molecule has 3 N–H and O–H groups in total. The summed E-state index contributed by atoms with van der Waals surface area (Å²) in [6.45, 7) is 3.52. The third-order valence-corrected chi connectivity index (χ3v) is 4.25. The van der Waals surface area contributed by atoms with Crippen LogP contribution >= 0.6 is 0 Å². The lowest BCUT2D eigenvalue weighted by atomic mass is 10.1. The lowest BCUT2D eigenvalue weighted by molar-refractivity contribution is 0.0938. The number of carbonyl (C=O) groups is 1. The fourth-order valence-electron chi connectivity index (χ4n) is 2.92. The molecule has 0 fully saturated rings. The molecular weight excluding hydrogens is 346 g/mol. The predicted molar refractivity (Wildman–Crippen MR) is 98.1 cm³/mol. The summed E-state index contributed by atoms with van der Waals surface area (Å²) in [5, 5.41) is 20.2. The van der Waals surface area contributed by atoms with Crippen LogP contribution in [0.15, 0.2) is 47.1 Å². The van der Waals surface area contributed by atoms with Crippen LogP contribution in [0.3, 0.4) is 0 Å². The number of aromatic nitrogens is 4. The Morgan fingerprint density at radius 3 is 2.96 bits per heavy atom. The van der Waals surface area contributed by atoms with Crippen LogP contribution in [0.2, 0.25) is 0 Å². The number of aryl methyl sites for hydroxylation is 1. The second kappa shape index (κ2) is 6.56. The SMILES string of the molecule is Cc1oc2ccc(O)cc2c1C(=O)N[C@@H](C)c1nc(-c2cccnc2)n[nH]1. The molecule has 1 aromatic carbocycles. The first kappa shape index (κ1) is 16.8. The maximum Gasteiger partial charge on any atom is 0.256 e. The van der Waals surface area contributed by atoms with Crippen molar-refractivity contribution < 1.29 is 14.3 Å². The number of fused-ring (bicyclic) bond motifs is 1. The average Bonchev–Trinajstić information content (AvgIpc) is 3.26. The normalized spacial score (nSPS) is 12.2. The summed E-state index contributed by atoms with van der Waals surface area (Å²) >= 11 is 0. The second-order valence-corrected chi connectivity index (χ2v) is 6.19. The highest BCUT2D eigenvalue weighted by Crippen LogP contribution is 2.29. The van der Waals surface area contributed by atoms with Gasteiger partial charge in [-0.1, -0.05) is 0 Å². The molecule has 0 aliphatic rings. The number of nitrogens with zero attached hydrogens (tertiary/aromatic N) is 3. The summed E-state index contributed by atoms with van der Waals surface area (Å²) in [6.07, 6.45) is 3.35. The van der Waals surface area contributed by atoms with E-state index in [-0.39, 0.29) is 11.7 Å². The van der Waals surface area contributed by atoms with Gasteiger partial charge in [0.25, 0.3) is 5.91 Å². The van der Waals surface area contributed by atoms with E-state index >= 15 is 0 Å². The van der Waals surface area contributed by atoms with Crippen molar-refractivity contribution in [3.63, 3.8) is 0 Å². The number of pyridine rings is 1. The van der Waals surface area contributed by atoms with Crippen molar-refractivity contribution in [3.05, 3.63) is 59.9 Å². The van der Waals surface area contributed by atoms with E-state index in [1.807, 2.05) is 6.07 Å². The van der Waals surface area contributed by atoms with Gasteiger partial charge in [-0.3, -0.25) is 14.9 Å². The molecule has 0 bridgehead atoms. The molecule has 27 heavy (non-hydrogen) atoms. The number of hydrogen-bond acceptors (Lipinski definition) is 6. The van der Waals surface area contributed by atoms with Gasteiger partial charge in [0.1, 0.15) is 22.9 Å². The van der Waals surface area contributed by atoms with Gasteiger partial charge in [0.15, 0.2) is 5.82 Å². The third-order valence-electron chi connectivity index (χ3n) is 4.25. The number of aromatic hydroxyl groups is 1. The number of phenolic OH excluding ortho intramolecular Hbond substituents is 1. The van der Waals surface area contributed by atoms with Crippen molar-refractivity contribution in [3.8, 4) is 17.1 Å². The van der Waals surface area contributed by atoms with Crippen LogP contribution in [0.5, 0.6) is 5.75 Å². The Labute approximate surface area is 154 Å². The molecule has 8 heteroatoms. The standard InChI is InChI=1S/C19H17N5O3/c1-10(17-22-18(24-23-17)12-4-3-7-20-9-12)21-19(26)16-11(2)27-15-6-5-13(25)8-14(15)16/h3-10,25H,1-2H3,(H,21,26)(H,22,23,24)/t10-/m0/s1. The van der Waals surface area contributed by atoms with Gasteiger partial charge in [-0.2, -0.15) is 5.10 Å². The van der Waals surface area contributed by atoms with Gasteiger partial charge in [-0.05, 0) is 44.2 Å². The highest BCUT2D eigenvalue weighted by atomic mass is 16.3. The van der Waals surface area contributed by atoms with E-state index in [9.17, 15) is 9.90 Å². The summed E-state index contributed by atoms with van der Waals surface area (Å²) in [6, 6.07) is 7.92. The van der Waals surface area contributed by atoms with E-state index in [0.29, 0.717) is 33.9 Å². The van der Waals surface area contributed by atoms with Crippen LogP contribution < -0.4 is 5.32 Å². The predicted octanol–water partition coefficient (Wildman–Crippen LogP) is 3.12. The molecule has 3 heterocycles. The van der Waals surface area contributed by atoms with Crippen LogP contribution in [0.1, 0.15) is 34.9 Å². The largest absolute Gasteiger partial charge is 0.508 e. The van der Waals surface area contributed by atoms with E-state index in [1.54, 1.807) is 38.4 Å². The highest BCUT2D eigenvalue weighted by Gasteiger charge is 2.22. The smallest absolute Gasteiger partial charge is 0.256 e. The van der Waals surface area contributed by atoms with Crippen LogP contribution in [0.25, 0.3) is 22.4 Å². The minimum absolute atomic E-state index is 0.0711. The highest BCUT2D eigenvalue weighted by molar-refractivity contribution is 6.07. The molecule has 0 saturated carbocycles. The van der Waals surface area contributed by atoms with Crippen molar-refractivity contribution in [1.29, 1.82) is 0 Å². The van der Waals surface area contributed by atoms with E-state index in [1.165, 1.54) is 12.1 Å². The van der Waals surface area contributed by atoms with Crippen LogP contribution in [-0.2, 0) is 0 Å². The number of benzene rings is 1. The number of carbonyl (C=O) groups excluding carboxylic acids is 1. The first-order valence-corrected chi connectivity index (χ1v) is 8.38. The minimum Gasteiger partial charge on any atom is -0.508 e. The summed E-state index contributed by atoms with van der Waals surface area (Å²) in [5.41, 5.74) is 1.71. The Morgan fingerprint density at radius 2 is 2.19 bits per heavy atom. The zero-order valence-corrected chi connectivity index (χ0v) is 14.7. The monoisotopic (exact) mass is 363 g/mol. The van der Waals surface area contributed by atoms with Gasteiger partial charge in [0, 0.05) is 23.3 Å². The number of nitrogens with one attached hydrogen (secondary N) is 2. The van der Waals surface area contributed by atoms with Gasteiger partial charge in [0.2, 0.25) is 0 Å². The number of hydrogen-bond donors (Lipinski definition) is 3. The number of amides is 1. The first-order chi connectivity index (χ1) is 13.0. The quantitative estimate of drug-likeness (QED) is 0.513. The van der Waals surface area contributed by atoms with E-state index in [0.717, 1.165) is 5.56 Å². The van der Waals surface area contributed by atoms with Gasteiger partial charge >= 0.3 is 0 Å². The Kier molecular flexibility index (Phi) is 4.08. The Bertz CT molecular complexity index is 1120. The van der Waals surface area contributed by atoms with Crippen LogP contribution in [0, 0.1) is 6.92 Å². The molecule has 1 amide bonds. The molecular formula is C19H17N5O3. The minimum atomic E-state index is -0.405. The third kappa shape index (κ3) is 3.12. The molecule has 0 aliphatic heterocycles. The molecule has 8 nitrogen and oxygen atoms in total. The zero-order valence-electron chi connectivity index (χ0n) is 14.7. The topological polar surface area (TPSA) is 117 Å². The van der Waals surface area contributed by atoms with Crippen molar-refractivity contribution in [2.24, 2.45) is 0 Å². The number of phenols is 1.